The van der Waals surface area contributed by atoms with E-state index in [0.717, 1.165) is 24.8 Å². The summed E-state index contributed by atoms with van der Waals surface area (Å²) in [5, 5.41) is 0. The number of hydrogen-bond acceptors (Lipinski definition) is 2. The van der Waals surface area contributed by atoms with Crippen molar-refractivity contribution in [3.8, 4) is 0 Å². The highest BCUT2D eigenvalue weighted by molar-refractivity contribution is 7.91. The molecule has 0 amide bonds. The van der Waals surface area contributed by atoms with Gasteiger partial charge in [0.05, 0.1) is 10.6 Å². The molecule has 0 bridgehead atoms. The lowest BCUT2D eigenvalue weighted by Gasteiger charge is -2.11. The Morgan fingerprint density at radius 2 is 1.75 bits per heavy atom. The number of benzene rings is 1. The quantitative estimate of drug-likeness (QED) is 0.692. The first-order valence-corrected chi connectivity index (χ1v) is 8.89. The maximum absolute atomic E-state index is 12.2. The first kappa shape index (κ1) is 17.0. The van der Waals surface area contributed by atoms with Crippen molar-refractivity contribution < 1.29 is 8.42 Å². The highest BCUT2D eigenvalue weighted by Gasteiger charge is 2.15. The van der Waals surface area contributed by atoms with Gasteiger partial charge in [-0.2, -0.15) is 0 Å². The molecule has 20 heavy (non-hydrogen) atoms. The van der Waals surface area contributed by atoms with E-state index in [1.807, 2.05) is 19.1 Å². The lowest BCUT2D eigenvalue weighted by atomic mass is 10.0. The Morgan fingerprint density at radius 3 is 2.30 bits per heavy atom. The number of sulfone groups is 1. The van der Waals surface area contributed by atoms with Gasteiger partial charge in [0.1, 0.15) is 0 Å². The number of rotatable bonds is 7. The SMILES string of the molecule is CC(C)=CCC[C@H](C)CCS(=O)(=O)c1ccc(C)cc1. The molecule has 0 N–H and O–H groups in total. The molecule has 0 aliphatic carbocycles. The van der Waals surface area contributed by atoms with Gasteiger partial charge in [-0.3, -0.25) is 0 Å². The first-order chi connectivity index (χ1) is 9.31. The van der Waals surface area contributed by atoms with E-state index in [4.69, 9.17) is 0 Å². The highest BCUT2D eigenvalue weighted by Crippen LogP contribution is 2.18. The van der Waals surface area contributed by atoms with Crippen LogP contribution in [-0.4, -0.2) is 14.2 Å². The number of allylic oxidation sites excluding steroid dienone is 2. The van der Waals surface area contributed by atoms with Gasteiger partial charge in [0.2, 0.25) is 0 Å². The summed E-state index contributed by atoms with van der Waals surface area (Å²) in [6.45, 7) is 8.27. The standard InChI is InChI=1S/C17H26O2S/c1-14(2)6-5-7-15(3)12-13-20(18,19)17-10-8-16(4)9-11-17/h6,8-11,15H,5,7,12-13H2,1-4H3/t15-/m0/s1. The molecule has 0 radical (unpaired) electrons. The average molecular weight is 294 g/mol. The molecule has 0 aliphatic rings. The zero-order chi connectivity index (χ0) is 15.2. The van der Waals surface area contributed by atoms with E-state index < -0.39 is 9.84 Å². The minimum Gasteiger partial charge on any atom is -0.224 e. The fraction of sp³-hybridized carbons (Fsp3) is 0.529. The van der Waals surface area contributed by atoms with Gasteiger partial charge in [0.25, 0.3) is 0 Å². The van der Waals surface area contributed by atoms with Crippen molar-refractivity contribution in [2.45, 2.75) is 51.9 Å². The van der Waals surface area contributed by atoms with Gasteiger partial charge in [0, 0.05) is 0 Å². The zero-order valence-corrected chi connectivity index (χ0v) is 13.8. The summed E-state index contributed by atoms with van der Waals surface area (Å²) in [7, 11) is -3.13. The Labute approximate surface area is 123 Å². The predicted molar refractivity (Wildman–Crippen MR) is 85.7 cm³/mol. The smallest absolute Gasteiger partial charge is 0.178 e. The van der Waals surface area contributed by atoms with Crippen molar-refractivity contribution >= 4 is 9.84 Å². The molecule has 3 heteroatoms. The van der Waals surface area contributed by atoms with Gasteiger partial charge < -0.3 is 0 Å². The Bertz CT molecular complexity index is 535. The van der Waals surface area contributed by atoms with E-state index in [1.165, 1.54) is 5.57 Å². The molecule has 0 aliphatic heterocycles. The Hall–Kier alpha value is -1.09. The second kappa shape index (κ2) is 7.63. The molecule has 0 fully saturated rings. The highest BCUT2D eigenvalue weighted by atomic mass is 32.2. The molecule has 0 saturated heterocycles. The van der Waals surface area contributed by atoms with E-state index in [-0.39, 0.29) is 5.75 Å². The Morgan fingerprint density at radius 1 is 1.15 bits per heavy atom. The predicted octanol–water partition coefficient (Wildman–Crippen LogP) is 4.54. The van der Waals surface area contributed by atoms with Crippen molar-refractivity contribution in [2.75, 3.05) is 5.75 Å². The Kier molecular flexibility index (Phi) is 6.47. The van der Waals surface area contributed by atoms with E-state index >= 15 is 0 Å². The van der Waals surface area contributed by atoms with Crippen LogP contribution < -0.4 is 0 Å². The monoisotopic (exact) mass is 294 g/mol. The van der Waals surface area contributed by atoms with Crippen LogP contribution in [0.25, 0.3) is 0 Å². The van der Waals surface area contributed by atoms with Gasteiger partial charge in [-0.25, -0.2) is 8.42 Å². The summed E-state index contributed by atoms with van der Waals surface area (Å²) in [6, 6.07) is 7.12. The fourth-order valence-electron chi connectivity index (χ4n) is 2.02. The van der Waals surface area contributed by atoms with Crippen molar-refractivity contribution in [1.29, 1.82) is 0 Å². The molecule has 0 saturated carbocycles. The maximum atomic E-state index is 12.2. The molecule has 0 heterocycles. The van der Waals surface area contributed by atoms with Gasteiger partial charge in [-0.05, 0) is 58.1 Å². The summed E-state index contributed by atoms with van der Waals surface area (Å²) in [4.78, 5) is 0.444. The van der Waals surface area contributed by atoms with Crippen molar-refractivity contribution in [3.05, 3.63) is 41.5 Å². The third kappa shape index (κ3) is 5.91. The molecule has 0 spiro atoms. The van der Waals surface area contributed by atoms with Crippen molar-refractivity contribution in [2.24, 2.45) is 5.92 Å². The third-order valence-electron chi connectivity index (χ3n) is 3.47. The molecule has 0 aromatic heterocycles. The number of hydrogen-bond donors (Lipinski definition) is 0. The molecule has 0 unspecified atom stereocenters. The minimum absolute atomic E-state index is 0.242. The molecule has 1 aromatic rings. The van der Waals surface area contributed by atoms with Crippen LogP contribution in [0.15, 0.2) is 40.8 Å². The van der Waals surface area contributed by atoms with Crippen LogP contribution in [0.5, 0.6) is 0 Å². The average Bonchev–Trinajstić information content (AvgIpc) is 2.36. The van der Waals surface area contributed by atoms with Crippen LogP contribution in [0, 0.1) is 12.8 Å². The Balaban J connectivity index is 2.51. The van der Waals surface area contributed by atoms with E-state index in [0.29, 0.717) is 10.8 Å². The topological polar surface area (TPSA) is 34.1 Å². The van der Waals surface area contributed by atoms with Crippen LogP contribution in [-0.2, 0) is 9.84 Å². The third-order valence-corrected chi connectivity index (χ3v) is 5.24. The van der Waals surface area contributed by atoms with Gasteiger partial charge in [-0.15, -0.1) is 0 Å². The summed E-state index contributed by atoms with van der Waals surface area (Å²) in [5.41, 5.74) is 2.41. The molecule has 1 atom stereocenters. The van der Waals surface area contributed by atoms with Crippen LogP contribution in [0.4, 0.5) is 0 Å². The zero-order valence-electron chi connectivity index (χ0n) is 13.0. The van der Waals surface area contributed by atoms with Gasteiger partial charge in [0.15, 0.2) is 9.84 Å². The maximum Gasteiger partial charge on any atom is 0.178 e. The molecular formula is C17H26O2S. The van der Waals surface area contributed by atoms with E-state index in [2.05, 4.69) is 26.8 Å². The van der Waals surface area contributed by atoms with E-state index in [9.17, 15) is 8.42 Å². The number of aryl methyl sites for hydroxylation is 1. The fourth-order valence-corrected chi connectivity index (χ4v) is 3.52. The molecule has 1 rings (SSSR count). The second-order valence-corrected chi connectivity index (χ2v) is 7.99. The van der Waals surface area contributed by atoms with Crippen molar-refractivity contribution in [1.82, 2.24) is 0 Å². The summed E-state index contributed by atoms with van der Waals surface area (Å²) >= 11 is 0. The summed E-state index contributed by atoms with van der Waals surface area (Å²) in [5.74, 6) is 0.678. The van der Waals surface area contributed by atoms with Crippen LogP contribution in [0.2, 0.25) is 0 Å². The van der Waals surface area contributed by atoms with Crippen LogP contribution in [0.3, 0.4) is 0 Å². The van der Waals surface area contributed by atoms with Crippen molar-refractivity contribution in [3.63, 3.8) is 0 Å². The largest absolute Gasteiger partial charge is 0.224 e. The van der Waals surface area contributed by atoms with Gasteiger partial charge in [-0.1, -0.05) is 36.3 Å². The normalized spacial score (nSPS) is 13.0. The minimum atomic E-state index is -3.13. The second-order valence-electron chi connectivity index (χ2n) is 5.88. The summed E-state index contributed by atoms with van der Waals surface area (Å²) < 4.78 is 24.4. The molecule has 1 aromatic carbocycles. The lowest BCUT2D eigenvalue weighted by Crippen LogP contribution is -2.10. The van der Waals surface area contributed by atoms with Crippen LogP contribution in [0.1, 0.15) is 45.6 Å². The van der Waals surface area contributed by atoms with Crippen LogP contribution >= 0.6 is 0 Å². The lowest BCUT2D eigenvalue weighted by molar-refractivity contribution is 0.513. The van der Waals surface area contributed by atoms with Gasteiger partial charge >= 0.3 is 0 Å². The molecule has 2 nitrogen and oxygen atoms in total. The molecule has 112 valence electrons. The summed E-state index contributed by atoms with van der Waals surface area (Å²) in [6.07, 6.45) is 5.03. The van der Waals surface area contributed by atoms with E-state index in [1.54, 1.807) is 12.1 Å². The first-order valence-electron chi connectivity index (χ1n) is 7.24. The molecular weight excluding hydrogens is 268 g/mol.